The van der Waals surface area contributed by atoms with E-state index in [4.69, 9.17) is 4.74 Å². The first-order valence-corrected chi connectivity index (χ1v) is 25.3. The maximum Gasteiger partial charge on any atom is 0.305 e. The van der Waals surface area contributed by atoms with Crippen molar-refractivity contribution in [3.8, 4) is 0 Å². The fraction of sp³-hybridized carbons (Fsp3) is 0.846. The van der Waals surface area contributed by atoms with Crippen LogP contribution >= 0.6 is 0 Å². The van der Waals surface area contributed by atoms with Gasteiger partial charge >= 0.3 is 5.97 Å². The Kier molecular flexibility index (Phi) is 46.2. The second kappa shape index (κ2) is 47.8. The van der Waals surface area contributed by atoms with Crippen molar-refractivity contribution in [3.63, 3.8) is 0 Å². The standard InChI is InChI=1S/C52H97NO5/c1-3-5-7-9-11-13-24-28-32-36-40-44-50(55)49(48-54)53-51(56)45-41-37-33-29-26-22-20-18-16-15-17-19-21-23-27-31-35-39-43-47-58-52(57)46-42-38-34-30-25-14-12-10-8-6-4-2/h10,12,15-16,40,44,49-50,54-55H,3-9,11,13-14,17-39,41-43,45-48H2,1-2H3,(H,53,56)/b12-10-,16-15-,44-40+. The van der Waals surface area contributed by atoms with Gasteiger partial charge in [0.15, 0.2) is 0 Å². The highest BCUT2D eigenvalue weighted by atomic mass is 16.5. The minimum atomic E-state index is -0.849. The number of esters is 1. The molecule has 0 aliphatic rings. The first-order valence-electron chi connectivity index (χ1n) is 25.3. The van der Waals surface area contributed by atoms with Gasteiger partial charge in [0.25, 0.3) is 0 Å². The molecular formula is C52H97NO5. The van der Waals surface area contributed by atoms with Gasteiger partial charge in [-0.3, -0.25) is 9.59 Å². The Labute approximate surface area is 360 Å². The van der Waals surface area contributed by atoms with Crippen LogP contribution in [0.3, 0.4) is 0 Å². The quantitative estimate of drug-likeness (QED) is 0.0323. The summed E-state index contributed by atoms with van der Waals surface area (Å²) in [5.41, 5.74) is 0. The maximum atomic E-state index is 12.4. The van der Waals surface area contributed by atoms with Crippen molar-refractivity contribution in [2.45, 2.75) is 270 Å². The van der Waals surface area contributed by atoms with E-state index < -0.39 is 12.1 Å². The fourth-order valence-corrected chi connectivity index (χ4v) is 7.43. The average Bonchev–Trinajstić information content (AvgIpc) is 3.22. The summed E-state index contributed by atoms with van der Waals surface area (Å²) in [5, 5.41) is 23.0. The number of hydrogen-bond donors (Lipinski definition) is 3. The van der Waals surface area contributed by atoms with Crippen molar-refractivity contribution in [3.05, 3.63) is 36.5 Å². The zero-order valence-corrected chi connectivity index (χ0v) is 38.5. The highest BCUT2D eigenvalue weighted by Gasteiger charge is 2.18. The molecular weight excluding hydrogens is 719 g/mol. The van der Waals surface area contributed by atoms with E-state index in [2.05, 4.69) is 43.5 Å². The predicted octanol–water partition coefficient (Wildman–Crippen LogP) is 14.9. The minimum absolute atomic E-state index is 0.00884. The molecule has 0 aromatic carbocycles. The summed E-state index contributed by atoms with van der Waals surface area (Å²) in [6, 6.07) is -0.633. The molecule has 0 fully saturated rings. The molecule has 0 aliphatic heterocycles. The van der Waals surface area contributed by atoms with Gasteiger partial charge in [-0.25, -0.2) is 0 Å². The molecule has 6 nitrogen and oxygen atoms in total. The van der Waals surface area contributed by atoms with Gasteiger partial charge in [-0.05, 0) is 77.0 Å². The molecule has 0 bridgehead atoms. The Morgan fingerprint density at radius 2 is 0.828 bits per heavy atom. The van der Waals surface area contributed by atoms with Crippen LogP contribution in [-0.4, -0.2) is 47.4 Å². The van der Waals surface area contributed by atoms with Gasteiger partial charge in [0, 0.05) is 12.8 Å². The fourth-order valence-electron chi connectivity index (χ4n) is 7.43. The second-order valence-electron chi connectivity index (χ2n) is 17.1. The van der Waals surface area contributed by atoms with Crippen LogP contribution in [0, 0.1) is 0 Å². The Bertz CT molecular complexity index is 946. The molecule has 2 unspecified atom stereocenters. The number of ether oxygens (including phenoxy) is 1. The lowest BCUT2D eigenvalue weighted by atomic mass is 10.1. The lowest BCUT2D eigenvalue weighted by Gasteiger charge is -2.20. The molecule has 0 heterocycles. The Hall–Kier alpha value is -1.92. The van der Waals surface area contributed by atoms with E-state index in [-0.39, 0.29) is 18.5 Å². The molecule has 0 rings (SSSR count). The van der Waals surface area contributed by atoms with Gasteiger partial charge in [-0.15, -0.1) is 0 Å². The van der Waals surface area contributed by atoms with Crippen LogP contribution in [0.15, 0.2) is 36.5 Å². The topological polar surface area (TPSA) is 95.9 Å². The molecule has 58 heavy (non-hydrogen) atoms. The SMILES string of the molecule is CCCC/C=C\CCCCCCCC(=O)OCCCCCCCCCC/C=C\CCCCCCCCCC(=O)NC(CO)C(O)/C=C/CCCCCCCCCCC. The molecule has 0 aliphatic carbocycles. The molecule has 3 N–H and O–H groups in total. The van der Waals surface area contributed by atoms with Crippen molar-refractivity contribution in [1.29, 1.82) is 0 Å². The summed E-state index contributed by atoms with van der Waals surface area (Å²) < 4.78 is 5.44. The Balaban J connectivity index is 3.47. The van der Waals surface area contributed by atoms with Crippen LogP contribution in [-0.2, 0) is 14.3 Å². The number of nitrogens with one attached hydrogen (secondary N) is 1. The molecule has 0 saturated carbocycles. The number of aliphatic hydroxyl groups excluding tert-OH is 2. The van der Waals surface area contributed by atoms with E-state index in [1.165, 1.54) is 180 Å². The van der Waals surface area contributed by atoms with Crippen LogP contribution in [0.5, 0.6) is 0 Å². The Morgan fingerprint density at radius 1 is 0.466 bits per heavy atom. The number of carbonyl (C=O) groups is 2. The lowest BCUT2D eigenvalue weighted by molar-refractivity contribution is -0.143. The number of aliphatic hydroxyl groups is 2. The third-order valence-corrected chi connectivity index (χ3v) is 11.4. The second-order valence-corrected chi connectivity index (χ2v) is 17.1. The third-order valence-electron chi connectivity index (χ3n) is 11.4. The minimum Gasteiger partial charge on any atom is -0.466 e. The molecule has 2 atom stereocenters. The summed E-state index contributed by atoms with van der Waals surface area (Å²) in [7, 11) is 0. The van der Waals surface area contributed by atoms with E-state index in [0.717, 1.165) is 51.4 Å². The molecule has 0 aromatic heterocycles. The van der Waals surface area contributed by atoms with Crippen LogP contribution in [0.1, 0.15) is 258 Å². The molecule has 0 spiro atoms. The zero-order chi connectivity index (χ0) is 42.3. The van der Waals surface area contributed by atoms with E-state index in [0.29, 0.717) is 19.4 Å². The first kappa shape index (κ1) is 56.1. The van der Waals surface area contributed by atoms with E-state index in [9.17, 15) is 19.8 Å². The summed E-state index contributed by atoms with van der Waals surface area (Å²) >= 11 is 0. The third kappa shape index (κ3) is 43.7. The van der Waals surface area contributed by atoms with Gasteiger partial charge in [0.05, 0.1) is 25.4 Å². The van der Waals surface area contributed by atoms with Gasteiger partial charge in [0.1, 0.15) is 0 Å². The van der Waals surface area contributed by atoms with Gasteiger partial charge in [0.2, 0.25) is 5.91 Å². The monoisotopic (exact) mass is 816 g/mol. The number of amides is 1. The summed E-state index contributed by atoms with van der Waals surface area (Å²) in [6.45, 7) is 4.83. The number of hydrogen-bond acceptors (Lipinski definition) is 5. The van der Waals surface area contributed by atoms with Gasteiger partial charge < -0.3 is 20.3 Å². The molecule has 0 radical (unpaired) electrons. The van der Waals surface area contributed by atoms with Crippen molar-refractivity contribution < 1.29 is 24.5 Å². The normalized spacial score (nSPS) is 13.0. The van der Waals surface area contributed by atoms with Crippen LogP contribution in [0.4, 0.5) is 0 Å². The van der Waals surface area contributed by atoms with Crippen molar-refractivity contribution in [2.75, 3.05) is 13.2 Å². The van der Waals surface area contributed by atoms with Crippen LogP contribution < -0.4 is 5.32 Å². The van der Waals surface area contributed by atoms with Crippen molar-refractivity contribution in [1.82, 2.24) is 5.32 Å². The van der Waals surface area contributed by atoms with E-state index >= 15 is 0 Å². The molecule has 0 saturated heterocycles. The van der Waals surface area contributed by atoms with Crippen LogP contribution in [0.25, 0.3) is 0 Å². The van der Waals surface area contributed by atoms with E-state index in [1.807, 2.05) is 6.08 Å². The zero-order valence-electron chi connectivity index (χ0n) is 38.5. The highest BCUT2D eigenvalue weighted by Crippen LogP contribution is 2.14. The van der Waals surface area contributed by atoms with Gasteiger partial charge in [-0.2, -0.15) is 0 Å². The predicted molar refractivity (Wildman–Crippen MR) is 250 cm³/mol. The molecule has 0 aromatic rings. The van der Waals surface area contributed by atoms with Crippen molar-refractivity contribution >= 4 is 11.9 Å². The first-order chi connectivity index (χ1) is 28.5. The number of carbonyl (C=O) groups excluding carboxylic acids is 2. The van der Waals surface area contributed by atoms with E-state index in [1.54, 1.807) is 6.08 Å². The lowest BCUT2D eigenvalue weighted by Crippen LogP contribution is -2.45. The summed E-state index contributed by atoms with van der Waals surface area (Å²) in [5.74, 6) is -0.0890. The van der Waals surface area contributed by atoms with Crippen LogP contribution in [0.2, 0.25) is 0 Å². The Morgan fingerprint density at radius 3 is 1.28 bits per heavy atom. The summed E-state index contributed by atoms with van der Waals surface area (Å²) in [4.78, 5) is 24.3. The molecule has 6 heteroatoms. The van der Waals surface area contributed by atoms with Crippen molar-refractivity contribution in [2.24, 2.45) is 0 Å². The average molecular weight is 816 g/mol. The number of unbranched alkanes of at least 4 members (excludes halogenated alkanes) is 31. The smallest absolute Gasteiger partial charge is 0.305 e. The largest absolute Gasteiger partial charge is 0.466 e. The maximum absolute atomic E-state index is 12.4. The highest BCUT2D eigenvalue weighted by molar-refractivity contribution is 5.76. The molecule has 1 amide bonds. The number of allylic oxidation sites excluding steroid dienone is 5. The number of rotatable bonds is 46. The summed E-state index contributed by atoms with van der Waals surface area (Å²) in [6.07, 6.45) is 57.2. The van der Waals surface area contributed by atoms with Gasteiger partial charge in [-0.1, -0.05) is 204 Å². The molecule has 340 valence electrons.